The van der Waals surface area contributed by atoms with Gasteiger partial charge in [-0.1, -0.05) is 37.6 Å². The highest BCUT2D eigenvalue weighted by Crippen LogP contribution is 2.22. The molecule has 2 rings (SSSR count). The number of halogens is 1. The second-order valence-electron chi connectivity index (χ2n) is 5.35. The van der Waals surface area contributed by atoms with Gasteiger partial charge in [0.15, 0.2) is 0 Å². The lowest BCUT2D eigenvalue weighted by atomic mass is 10.0. The average molecular weight is 291 g/mol. The molecule has 4 heteroatoms. The summed E-state index contributed by atoms with van der Waals surface area (Å²) in [6.45, 7) is 8.14. The molecule has 106 valence electrons. The van der Waals surface area contributed by atoms with Crippen LogP contribution >= 0.6 is 11.6 Å². The van der Waals surface area contributed by atoms with Gasteiger partial charge in [0.05, 0.1) is 12.1 Å². The third kappa shape index (κ3) is 2.93. The van der Waals surface area contributed by atoms with E-state index in [1.54, 1.807) is 12.1 Å². The Hall–Kier alpha value is -1.61. The smallest absolute Gasteiger partial charge is 0.251 e. The highest BCUT2D eigenvalue weighted by Gasteiger charge is 2.18. The highest BCUT2D eigenvalue weighted by atomic mass is 35.5. The molecule has 0 N–H and O–H groups in total. The largest absolute Gasteiger partial charge is 0.272 e. The number of nitrogens with zero attached hydrogens (tertiary/aromatic N) is 2. The lowest BCUT2D eigenvalue weighted by Crippen LogP contribution is -2.16. The van der Waals surface area contributed by atoms with Crippen molar-refractivity contribution in [3.8, 4) is 0 Å². The standard InChI is InChI=1S/C16H19ClN2O/c1-10(2)16-11(3)18-19(12(16)4)15(20)9-13-5-7-14(17)8-6-13/h5-8,10H,9H2,1-4H3. The van der Waals surface area contributed by atoms with E-state index in [-0.39, 0.29) is 5.91 Å². The van der Waals surface area contributed by atoms with Crippen LogP contribution in [0.1, 0.15) is 47.1 Å². The van der Waals surface area contributed by atoms with Gasteiger partial charge in [-0.25, -0.2) is 4.68 Å². The molecule has 0 spiro atoms. The summed E-state index contributed by atoms with van der Waals surface area (Å²) in [7, 11) is 0. The van der Waals surface area contributed by atoms with Crippen LogP contribution in [0.5, 0.6) is 0 Å². The van der Waals surface area contributed by atoms with Crippen molar-refractivity contribution in [3.63, 3.8) is 0 Å². The van der Waals surface area contributed by atoms with Crippen LogP contribution in [0.2, 0.25) is 5.02 Å². The summed E-state index contributed by atoms with van der Waals surface area (Å²) in [4.78, 5) is 12.4. The molecule has 0 bridgehead atoms. The summed E-state index contributed by atoms with van der Waals surface area (Å²) < 4.78 is 1.53. The third-order valence-electron chi connectivity index (χ3n) is 3.43. The van der Waals surface area contributed by atoms with Crippen molar-refractivity contribution in [2.75, 3.05) is 0 Å². The Balaban J connectivity index is 2.26. The first-order chi connectivity index (χ1) is 9.40. The van der Waals surface area contributed by atoms with Gasteiger partial charge in [-0.2, -0.15) is 5.10 Å². The van der Waals surface area contributed by atoms with E-state index in [1.165, 1.54) is 4.68 Å². The molecule has 1 aromatic carbocycles. The molecule has 0 radical (unpaired) electrons. The van der Waals surface area contributed by atoms with Crippen LogP contribution in [-0.2, 0) is 6.42 Å². The fourth-order valence-electron chi connectivity index (χ4n) is 2.58. The third-order valence-corrected chi connectivity index (χ3v) is 3.68. The summed E-state index contributed by atoms with van der Waals surface area (Å²) >= 11 is 5.85. The van der Waals surface area contributed by atoms with Gasteiger partial charge in [0, 0.05) is 10.7 Å². The quantitative estimate of drug-likeness (QED) is 0.851. The Kier molecular flexibility index (Phi) is 4.29. The predicted octanol–water partition coefficient (Wildman–Crippen LogP) is 4.16. The molecule has 0 saturated carbocycles. The zero-order valence-corrected chi connectivity index (χ0v) is 13.0. The minimum atomic E-state index is -0.0141. The van der Waals surface area contributed by atoms with E-state index in [4.69, 9.17) is 11.6 Å². The molecule has 0 amide bonds. The van der Waals surface area contributed by atoms with Crippen molar-refractivity contribution in [2.45, 2.75) is 40.0 Å². The maximum absolute atomic E-state index is 12.4. The lowest BCUT2D eigenvalue weighted by Gasteiger charge is -2.07. The summed E-state index contributed by atoms with van der Waals surface area (Å²) in [6, 6.07) is 7.33. The topological polar surface area (TPSA) is 34.9 Å². The fraction of sp³-hybridized carbons (Fsp3) is 0.375. The van der Waals surface area contributed by atoms with Crippen LogP contribution in [0.4, 0.5) is 0 Å². The summed E-state index contributed by atoms with van der Waals surface area (Å²) in [5.74, 6) is 0.354. The maximum atomic E-state index is 12.4. The second kappa shape index (κ2) is 5.80. The Morgan fingerprint density at radius 1 is 1.25 bits per heavy atom. The highest BCUT2D eigenvalue weighted by molar-refractivity contribution is 6.30. The van der Waals surface area contributed by atoms with Gasteiger partial charge in [0.2, 0.25) is 0 Å². The summed E-state index contributed by atoms with van der Waals surface area (Å²) in [6.07, 6.45) is 0.330. The number of benzene rings is 1. The number of carbonyl (C=O) groups excluding carboxylic acids is 1. The predicted molar refractivity (Wildman–Crippen MR) is 81.6 cm³/mol. The Bertz CT molecular complexity index is 627. The molecule has 1 heterocycles. The van der Waals surface area contributed by atoms with Gasteiger partial charge in [0.1, 0.15) is 0 Å². The molecule has 1 aromatic heterocycles. The Morgan fingerprint density at radius 3 is 2.35 bits per heavy atom. The molecule has 20 heavy (non-hydrogen) atoms. The summed E-state index contributed by atoms with van der Waals surface area (Å²) in [5, 5.41) is 5.06. The number of hydrogen-bond acceptors (Lipinski definition) is 2. The van der Waals surface area contributed by atoms with Gasteiger partial charge in [0.25, 0.3) is 5.91 Å². The van der Waals surface area contributed by atoms with Gasteiger partial charge >= 0.3 is 0 Å². The van der Waals surface area contributed by atoms with Crippen LogP contribution in [0.15, 0.2) is 24.3 Å². The molecule has 2 aromatic rings. The normalized spacial score (nSPS) is 11.1. The SMILES string of the molecule is Cc1nn(C(=O)Cc2ccc(Cl)cc2)c(C)c1C(C)C. The number of carbonyl (C=O) groups is 1. The van der Waals surface area contributed by atoms with Gasteiger partial charge in [-0.05, 0) is 43.0 Å². The first-order valence-corrected chi connectivity index (χ1v) is 7.11. The Labute approximate surface area is 124 Å². The molecule has 0 atom stereocenters. The molecule has 0 aliphatic heterocycles. The zero-order valence-electron chi connectivity index (χ0n) is 12.3. The van der Waals surface area contributed by atoms with E-state index in [0.717, 1.165) is 22.5 Å². The van der Waals surface area contributed by atoms with Crippen LogP contribution in [0.25, 0.3) is 0 Å². The first-order valence-electron chi connectivity index (χ1n) is 6.74. The molecule has 3 nitrogen and oxygen atoms in total. The van der Waals surface area contributed by atoms with E-state index in [1.807, 2.05) is 26.0 Å². The number of aromatic nitrogens is 2. The lowest BCUT2D eigenvalue weighted by molar-refractivity contribution is 0.0895. The molecule has 0 fully saturated rings. The minimum absolute atomic E-state index is 0.0141. The number of hydrogen-bond donors (Lipinski definition) is 0. The van der Waals surface area contributed by atoms with Crippen molar-refractivity contribution in [2.24, 2.45) is 0 Å². The van der Waals surface area contributed by atoms with Crippen molar-refractivity contribution < 1.29 is 4.79 Å². The van der Waals surface area contributed by atoms with Gasteiger partial charge in [-0.3, -0.25) is 4.79 Å². The maximum Gasteiger partial charge on any atom is 0.251 e. The van der Waals surface area contributed by atoms with Crippen LogP contribution < -0.4 is 0 Å². The van der Waals surface area contributed by atoms with Crippen LogP contribution in [0, 0.1) is 13.8 Å². The monoisotopic (exact) mass is 290 g/mol. The first kappa shape index (κ1) is 14.8. The number of rotatable bonds is 3. The van der Waals surface area contributed by atoms with E-state index >= 15 is 0 Å². The molecule has 0 saturated heterocycles. The number of aryl methyl sites for hydroxylation is 1. The molecule has 0 aliphatic rings. The van der Waals surface area contributed by atoms with Crippen molar-refractivity contribution in [1.82, 2.24) is 9.78 Å². The van der Waals surface area contributed by atoms with E-state index < -0.39 is 0 Å². The van der Waals surface area contributed by atoms with E-state index in [2.05, 4.69) is 18.9 Å². The van der Waals surface area contributed by atoms with Crippen molar-refractivity contribution in [3.05, 3.63) is 51.8 Å². The molecule has 0 aliphatic carbocycles. The molecular weight excluding hydrogens is 272 g/mol. The fourth-order valence-corrected chi connectivity index (χ4v) is 2.71. The molecular formula is C16H19ClN2O. The van der Waals surface area contributed by atoms with Gasteiger partial charge in [-0.15, -0.1) is 0 Å². The van der Waals surface area contributed by atoms with Crippen molar-refractivity contribution in [1.29, 1.82) is 0 Å². The second-order valence-corrected chi connectivity index (χ2v) is 5.78. The minimum Gasteiger partial charge on any atom is -0.272 e. The Morgan fingerprint density at radius 2 is 1.85 bits per heavy atom. The van der Waals surface area contributed by atoms with Crippen LogP contribution in [0.3, 0.4) is 0 Å². The van der Waals surface area contributed by atoms with E-state index in [0.29, 0.717) is 17.4 Å². The molecule has 0 unspecified atom stereocenters. The van der Waals surface area contributed by atoms with Crippen molar-refractivity contribution >= 4 is 17.5 Å². The van der Waals surface area contributed by atoms with Crippen LogP contribution in [-0.4, -0.2) is 15.7 Å². The van der Waals surface area contributed by atoms with E-state index in [9.17, 15) is 4.79 Å². The average Bonchev–Trinajstić information content (AvgIpc) is 2.67. The zero-order chi connectivity index (χ0) is 14.9. The van der Waals surface area contributed by atoms with Gasteiger partial charge < -0.3 is 0 Å². The summed E-state index contributed by atoms with van der Waals surface area (Å²) in [5.41, 5.74) is 3.98.